The van der Waals surface area contributed by atoms with Crippen LogP contribution in [0.2, 0.25) is 0 Å². The molecule has 0 bridgehead atoms. The Hall–Kier alpha value is -3.36. The number of aliphatic hydroxyl groups excluding tert-OH is 2. The molecule has 3 rings (SSSR count). The van der Waals surface area contributed by atoms with Crippen LogP contribution in [-0.4, -0.2) is 66.9 Å². The van der Waals surface area contributed by atoms with Crippen LogP contribution in [0.25, 0.3) is 5.76 Å². The van der Waals surface area contributed by atoms with Crippen LogP contribution in [0, 0.1) is 0 Å². The zero-order valence-corrected chi connectivity index (χ0v) is 18.1. The standard InChI is InChI=1S/C24H27NO7/c1-3-32-19-10-4-16(5-11-19)21-20(22(27)17-6-8-18(30-2)9-7-17)23(28)24(29)25(21)12-14-31-15-13-26/h4-11,21,26-27H,3,12-15H2,1-2H3. The molecule has 8 heteroatoms. The summed E-state index contributed by atoms with van der Waals surface area (Å²) in [6.45, 7) is 2.65. The molecule has 1 heterocycles. The number of ketones is 1. The third kappa shape index (κ3) is 4.92. The van der Waals surface area contributed by atoms with Gasteiger partial charge in [-0.1, -0.05) is 12.1 Å². The van der Waals surface area contributed by atoms with Gasteiger partial charge in [0.05, 0.1) is 45.2 Å². The first kappa shape index (κ1) is 23.3. The van der Waals surface area contributed by atoms with Crippen molar-refractivity contribution in [2.75, 3.05) is 40.1 Å². The van der Waals surface area contributed by atoms with Gasteiger partial charge in [0.2, 0.25) is 0 Å². The first-order valence-corrected chi connectivity index (χ1v) is 10.4. The third-order valence-electron chi connectivity index (χ3n) is 5.12. The number of likely N-dealkylation sites (tertiary alicyclic amines) is 1. The summed E-state index contributed by atoms with van der Waals surface area (Å²) in [4.78, 5) is 27.2. The molecule has 1 amide bonds. The summed E-state index contributed by atoms with van der Waals surface area (Å²) in [5, 5.41) is 19.9. The van der Waals surface area contributed by atoms with Crippen LogP contribution in [0.1, 0.15) is 24.1 Å². The quantitative estimate of drug-likeness (QED) is 0.253. The molecule has 170 valence electrons. The van der Waals surface area contributed by atoms with E-state index in [0.29, 0.717) is 29.2 Å². The summed E-state index contributed by atoms with van der Waals surface area (Å²) in [6, 6.07) is 12.9. The Kier molecular flexibility index (Phi) is 7.86. The van der Waals surface area contributed by atoms with Crippen LogP contribution < -0.4 is 9.47 Å². The van der Waals surface area contributed by atoms with Crippen molar-refractivity contribution in [2.45, 2.75) is 13.0 Å². The maximum atomic E-state index is 13.0. The normalized spacial score (nSPS) is 17.6. The highest BCUT2D eigenvalue weighted by atomic mass is 16.5. The van der Waals surface area contributed by atoms with Gasteiger partial charge in [0.25, 0.3) is 11.7 Å². The van der Waals surface area contributed by atoms with E-state index in [1.807, 2.05) is 6.92 Å². The summed E-state index contributed by atoms with van der Waals surface area (Å²) >= 11 is 0. The molecule has 1 atom stereocenters. The number of Topliss-reactive ketones (excluding diaryl/α,β-unsaturated/α-hetero) is 1. The topological polar surface area (TPSA) is 106 Å². The van der Waals surface area contributed by atoms with Crippen LogP contribution in [0.4, 0.5) is 0 Å². The van der Waals surface area contributed by atoms with Crippen molar-refractivity contribution in [1.82, 2.24) is 4.90 Å². The molecule has 32 heavy (non-hydrogen) atoms. The van der Waals surface area contributed by atoms with Crippen molar-refractivity contribution in [3.05, 3.63) is 65.2 Å². The molecular weight excluding hydrogens is 414 g/mol. The Bertz CT molecular complexity index is 967. The lowest BCUT2D eigenvalue weighted by molar-refractivity contribution is -0.140. The number of amides is 1. The lowest BCUT2D eigenvalue weighted by Crippen LogP contribution is -2.33. The average molecular weight is 441 g/mol. The molecule has 0 spiro atoms. The van der Waals surface area contributed by atoms with Crippen LogP contribution in [-0.2, 0) is 14.3 Å². The van der Waals surface area contributed by atoms with Gasteiger partial charge in [-0.3, -0.25) is 9.59 Å². The predicted molar refractivity (Wildman–Crippen MR) is 118 cm³/mol. The molecule has 2 aromatic carbocycles. The van der Waals surface area contributed by atoms with Gasteiger partial charge in [0.15, 0.2) is 0 Å². The molecule has 8 nitrogen and oxygen atoms in total. The summed E-state index contributed by atoms with van der Waals surface area (Å²) in [7, 11) is 1.53. The number of aliphatic hydroxyl groups is 2. The van der Waals surface area contributed by atoms with Crippen molar-refractivity contribution in [3.63, 3.8) is 0 Å². The lowest BCUT2D eigenvalue weighted by Gasteiger charge is -2.25. The molecule has 0 aliphatic carbocycles. The van der Waals surface area contributed by atoms with Crippen molar-refractivity contribution in [3.8, 4) is 11.5 Å². The summed E-state index contributed by atoms with van der Waals surface area (Å²) in [5.74, 6) is -0.477. The van der Waals surface area contributed by atoms with Crippen molar-refractivity contribution in [2.24, 2.45) is 0 Å². The molecule has 1 fully saturated rings. The Balaban J connectivity index is 2.03. The van der Waals surface area contributed by atoms with Gasteiger partial charge < -0.3 is 29.3 Å². The zero-order valence-electron chi connectivity index (χ0n) is 18.1. The number of hydrogen-bond acceptors (Lipinski definition) is 7. The second-order valence-corrected chi connectivity index (χ2v) is 7.06. The minimum Gasteiger partial charge on any atom is -0.507 e. The van der Waals surface area contributed by atoms with E-state index >= 15 is 0 Å². The molecule has 1 aliphatic rings. The number of methoxy groups -OCH3 is 1. The fraction of sp³-hybridized carbons (Fsp3) is 0.333. The molecule has 0 radical (unpaired) electrons. The fourth-order valence-corrected chi connectivity index (χ4v) is 3.60. The Labute approximate surface area is 186 Å². The number of benzene rings is 2. The highest BCUT2D eigenvalue weighted by Crippen LogP contribution is 2.39. The maximum absolute atomic E-state index is 13.0. The Morgan fingerprint density at radius 1 is 1.00 bits per heavy atom. The van der Waals surface area contributed by atoms with Gasteiger partial charge in [-0.05, 0) is 48.9 Å². The SMILES string of the molecule is CCOc1ccc(C2C(=C(O)c3ccc(OC)cc3)C(=O)C(=O)N2CCOCCO)cc1. The first-order valence-electron chi connectivity index (χ1n) is 10.4. The van der Waals surface area contributed by atoms with Gasteiger partial charge in [0.1, 0.15) is 17.3 Å². The van der Waals surface area contributed by atoms with E-state index in [-0.39, 0.29) is 37.7 Å². The van der Waals surface area contributed by atoms with E-state index in [0.717, 1.165) is 0 Å². The lowest BCUT2D eigenvalue weighted by atomic mass is 9.95. The summed E-state index contributed by atoms with van der Waals surface area (Å²) in [6.07, 6.45) is 0. The highest BCUT2D eigenvalue weighted by Gasteiger charge is 2.45. The average Bonchev–Trinajstić information content (AvgIpc) is 3.07. The van der Waals surface area contributed by atoms with Crippen molar-refractivity contribution in [1.29, 1.82) is 0 Å². The van der Waals surface area contributed by atoms with Gasteiger partial charge in [-0.25, -0.2) is 0 Å². The molecule has 1 saturated heterocycles. The van der Waals surface area contributed by atoms with Crippen LogP contribution in [0.5, 0.6) is 11.5 Å². The number of carbonyl (C=O) groups excluding carboxylic acids is 2. The molecular formula is C24H27NO7. The smallest absolute Gasteiger partial charge is 0.295 e. The van der Waals surface area contributed by atoms with E-state index in [9.17, 15) is 14.7 Å². The second-order valence-electron chi connectivity index (χ2n) is 7.06. The minimum absolute atomic E-state index is 0.00600. The number of carbonyl (C=O) groups is 2. The Morgan fingerprint density at radius 2 is 1.66 bits per heavy atom. The first-order chi connectivity index (χ1) is 15.5. The zero-order chi connectivity index (χ0) is 23.1. The van der Waals surface area contributed by atoms with Crippen molar-refractivity contribution < 1.29 is 34.0 Å². The van der Waals surface area contributed by atoms with Crippen LogP contribution in [0.15, 0.2) is 54.1 Å². The van der Waals surface area contributed by atoms with E-state index in [1.54, 1.807) is 48.5 Å². The van der Waals surface area contributed by atoms with E-state index in [1.165, 1.54) is 12.0 Å². The highest BCUT2D eigenvalue weighted by molar-refractivity contribution is 6.46. The second kappa shape index (κ2) is 10.8. The largest absolute Gasteiger partial charge is 0.507 e. The molecule has 1 unspecified atom stereocenters. The van der Waals surface area contributed by atoms with Crippen LogP contribution in [0.3, 0.4) is 0 Å². The van der Waals surface area contributed by atoms with Gasteiger partial charge in [-0.15, -0.1) is 0 Å². The molecule has 0 saturated carbocycles. The number of hydrogen-bond donors (Lipinski definition) is 2. The van der Waals surface area contributed by atoms with Crippen LogP contribution >= 0.6 is 0 Å². The van der Waals surface area contributed by atoms with E-state index in [2.05, 4.69) is 0 Å². The number of ether oxygens (including phenoxy) is 3. The number of rotatable bonds is 10. The summed E-state index contributed by atoms with van der Waals surface area (Å²) < 4.78 is 15.9. The third-order valence-corrected chi connectivity index (χ3v) is 5.12. The molecule has 1 aliphatic heterocycles. The van der Waals surface area contributed by atoms with E-state index < -0.39 is 17.7 Å². The van der Waals surface area contributed by atoms with E-state index in [4.69, 9.17) is 19.3 Å². The molecule has 2 N–H and O–H groups in total. The maximum Gasteiger partial charge on any atom is 0.295 e. The summed E-state index contributed by atoms with van der Waals surface area (Å²) in [5.41, 5.74) is 1.06. The molecule has 2 aromatic rings. The van der Waals surface area contributed by atoms with Gasteiger partial charge in [0, 0.05) is 12.1 Å². The van der Waals surface area contributed by atoms with Gasteiger partial charge in [-0.2, -0.15) is 0 Å². The monoisotopic (exact) mass is 441 g/mol. The minimum atomic E-state index is -0.787. The fourth-order valence-electron chi connectivity index (χ4n) is 3.60. The van der Waals surface area contributed by atoms with Gasteiger partial charge >= 0.3 is 0 Å². The van der Waals surface area contributed by atoms with Crippen molar-refractivity contribution >= 4 is 17.4 Å². The predicted octanol–water partition coefficient (Wildman–Crippen LogP) is 2.52. The number of nitrogens with zero attached hydrogens (tertiary/aromatic N) is 1. The molecule has 0 aromatic heterocycles. The Morgan fingerprint density at radius 3 is 2.25 bits per heavy atom.